The number of carbonyl (C=O) groups excluding carboxylic acids is 1. The van der Waals surface area contributed by atoms with Crippen LogP contribution >= 0.6 is 11.3 Å². The lowest BCUT2D eigenvalue weighted by molar-refractivity contribution is -0.139. The Morgan fingerprint density at radius 2 is 2.30 bits per heavy atom. The van der Waals surface area contributed by atoms with E-state index in [2.05, 4.69) is 5.32 Å². The lowest BCUT2D eigenvalue weighted by Crippen LogP contribution is -2.53. The molecule has 2 unspecified atom stereocenters. The Hall–Kier alpha value is -1.38. The minimum atomic E-state index is -1.15. The largest absolute Gasteiger partial charge is 0.481 e. The third kappa shape index (κ3) is 4.33. The Kier molecular flexibility index (Phi) is 5.16. The van der Waals surface area contributed by atoms with Crippen molar-refractivity contribution < 1.29 is 24.4 Å². The molecule has 2 heterocycles. The van der Waals surface area contributed by atoms with E-state index in [0.717, 1.165) is 4.88 Å². The summed E-state index contributed by atoms with van der Waals surface area (Å²) < 4.78 is 5.21. The molecular weight excluding hydrogens is 281 g/mol. The van der Waals surface area contributed by atoms with Crippen LogP contribution in [0.5, 0.6) is 0 Å². The minimum Gasteiger partial charge on any atom is -0.481 e. The number of carboxylic acid groups (broad SMARTS) is 1. The van der Waals surface area contributed by atoms with Crippen molar-refractivity contribution in [3.63, 3.8) is 0 Å². The molecule has 1 aliphatic heterocycles. The Morgan fingerprint density at radius 1 is 1.50 bits per heavy atom. The smallest absolute Gasteiger partial charge is 0.478 e. The molecule has 0 aliphatic carbocycles. The fraction of sp³-hybridized carbons (Fsp3) is 0.500. The molecule has 2 rings (SSSR count). The van der Waals surface area contributed by atoms with Crippen LogP contribution < -0.4 is 5.32 Å². The van der Waals surface area contributed by atoms with E-state index in [-0.39, 0.29) is 18.7 Å². The molecule has 0 bridgehead atoms. The molecule has 8 heteroatoms. The number of hydrogen-bond acceptors (Lipinski definition) is 5. The third-order valence-corrected chi connectivity index (χ3v) is 4.02. The lowest BCUT2D eigenvalue weighted by atomic mass is 9.72. The molecule has 1 fully saturated rings. The van der Waals surface area contributed by atoms with Gasteiger partial charge in [0.1, 0.15) is 0 Å². The zero-order valence-corrected chi connectivity index (χ0v) is 11.6. The summed E-state index contributed by atoms with van der Waals surface area (Å²) in [7, 11) is -1.15. The van der Waals surface area contributed by atoms with Crippen LogP contribution in [0, 0.1) is 0 Å². The van der Waals surface area contributed by atoms with E-state index in [1.807, 2.05) is 17.5 Å². The molecule has 20 heavy (non-hydrogen) atoms. The van der Waals surface area contributed by atoms with Gasteiger partial charge in [0, 0.05) is 4.88 Å². The van der Waals surface area contributed by atoms with Crippen LogP contribution in [0.25, 0.3) is 0 Å². The topological polar surface area (TPSA) is 95.9 Å². The zero-order valence-electron chi connectivity index (χ0n) is 10.8. The highest BCUT2D eigenvalue weighted by atomic mass is 32.1. The van der Waals surface area contributed by atoms with Crippen LogP contribution in [0.3, 0.4) is 0 Å². The Morgan fingerprint density at radius 3 is 2.90 bits per heavy atom. The standard InChI is InChI=1S/C12H16BNO5S/c15-11(7-9-2-1-5-20-9)14-10-4-3-8(6-12(16)17)19-13(10)18/h1-2,5,8,10,18H,3-4,6-7H2,(H,14,15)(H,16,17). The first-order valence-corrected chi connectivity index (χ1v) is 7.29. The van der Waals surface area contributed by atoms with Gasteiger partial charge >= 0.3 is 13.1 Å². The molecule has 0 saturated carbocycles. The average Bonchev–Trinajstić information content (AvgIpc) is 2.84. The van der Waals surface area contributed by atoms with Gasteiger partial charge in [0.2, 0.25) is 5.91 Å². The third-order valence-electron chi connectivity index (χ3n) is 3.14. The summed E-state index contributed by atoms with van der Waals surface area (Å²) in [5, 5.41) is 23.1. The fourth-order valence-corrected chi connectivity index (χ4v) is 2.89. The molecule has 3 N–H and O–H groups in total. The quantitative estimate of drug-likeness (QED) is 0.686. The first-order chi connectivity index (χ1) is 9.54. The van der Waals surface area contributed by atoms with Crippen molar-refractivity contribution in [2.75, 3.05) is 0 Å². The summed E-state index contributed by atoms with van der Waals surface area (Å²) in [5.41, 5.74) is 0. The first kappa shape index (κ1) is 15.0. The molecular formula is C12H16BNO5S. The summed E-state index contributed by atoms with van der Waals surface area (Å²) in [5.74, 6) is -1.60. The minimum absolute atomic E-state index is 0.132. The van der Waals surface area contributed by atoms with Crippen molar-refractivity contribution in [3.05, 3.63) is 22.4 Å². The Labute approximate surface area is 120 Å². The van der Waals surface area contributed by atoms with E-state index >= 15 is 0 Å². The van der Waals surface area contributed by atoms with E-state index in [1.54, 1.807) is 0 Å². The number of carbonyl (C=O) groups is 2. The highest BCUT2D eigenvalue weighted by Gasteiger charge is 2.36. The van der Waals surface area contributed by atoms with E-state index in [9.17, 15) is 14.6 Å². The average molecular weight is 297 g/mol. The molecule has 1 aromatic heterocycles. The summed E-state index contributed by atoms with van der Waals surface area (Å²) in [6, 6.07) is 3.75. The number of carboxylic acids is 1. The molecule has 2 atom stereocenters. The van der Waals surface area contributed by atoms with Gasteiger partial charge < -0.3 is 20.1 Å². The second-order valence-corrected chi connectivity index (χ2v) is 5.79. The molecule has 1 aliphatic rings. The second kappa shape index (κ2) is 6.87. The fourth-order valence-electron chi connectivity index (χ4n) is 2.19. The molecule has 1 aromatic rings. The van der Waals surface area contributed by atoms with Gasteiger partial charge in [-0.3, -0.25) is 9.59 Å². The molecule has 0 spiro atoms. The van der Waals surface area contributed by atoms with Crippen LogP contribution in [-0.2, 0) is 20.7 Å². The lowest BCUT2D eigenvalue weighted by Gasteiger charge is -2.30. The van der Waals surface area contributed by atoms with Gasteiger partial charge in [-0.15, -0.1) is 11.3 Å². The van der Waals surface area contributed by atoms with E-state index < -0.39 is 25.1 Å². The normalized spacial score (nSPS) is 22.6. The van der Waals surface area contributed by atoms with Crippen LogP contribution in [-0.4, -0.2) is 41.2 Å². The number of hydrogen-bond donors (Lipinski definition) is 3. The predicted octanol–water partition coefficient (Wildman–Crippen LogP) is 0.449. The van der Waals surface area contributed by atoms with Gasteiger partial charge in [-0.05, 0) is 24.3 Å². The van der Waals surface area contributed by atoms with Crippen LogP contribution in [0.1, 0.15) is 24.1 Å². The van der Waals surface area contributed by atoms with E-state index in [0.29, 0.717) is 12.8 Å². The molecule has 1 saturated heterocycles. The maximum absolute atomic E-state index is 11.8. The molecule has 6 nitrogen and oxygen atoms in total. The maximum atomic E-state index is 11.8. The summed E-state index contributed by atoms with van der Waals surface area (Å²) in [6.45, 7) is 0. The van der Waals surface area contributed by atoms with Crippen molar-refractivity contribution in [2.24, 2.45) is 0 Å². The maximum Gasteiger partial charge on any atom is 0.478 e. The zero-order chi connectivity index (χ0) is 14.5. The molecule has 0 aromatic carbocycles. The van der Waals surface area contributed by atoms with Crippen LogP contribution in [0.15, 0.2) is 17.5 Å². The van der Waals surface area contributed by atoms with Gasteiger partial charge in [-0.2, -0.15) is 0 Å². The highest BCUT2D eigenvalue weighted by Crippen LogP contribution is 2.19. The highest BCUT2D eigenvalue weighted by molar-refractivity contribution is 7.10. The number of aliphatic carboxylic acids is 1. The molecule has 0 radical (unpaired) electrons. The van der Waals surface area contributed by atoms with Gasteiger partial charge in [0.15, 0.2) is 0 Å². The van der Waals surface area contributed by atoms with Crippen LogP contribution in [0.4, 0.5) is 0 Å². The summed E-state index contributed by atoms with van der Waals surface area (Å²) in [4.78, 5) is 23.4. The SMILES string of the molecule is O=C(O)CC1CCC(NC(=O)Cc2cccs2)B(O)O1. The number of amides is 1. The number of nitrogens with one attached hydrogen (secondary N) is 1. The van der Waals surface area contributed by atoms with Crippen molar-refractivity contribution >= 4 is 30.3 Å². The van der Waals surface area contributed by atoms with Gasteiger partial charge in [0.05, 0.1) is 24.9 Å². The van der Waals surface area contributed by atoms with Crippen molar-refractivity contribution in [3.8, 4) is 0 Å². The van der Waals surface area contributed by atoms with Crippen molar-refractivity contribution in [2.45, 2.75) is 37.7 Å². The van der Waals surface area contributed by atoms with E-state index in [1.165, 1.54) is 11.3 Å². The van der Waals surface area contributed by atoms with Gasteiger partial charge in [-0.1, -0.05) is 6.07 Å². The van der Waals surface area contributed by atoms with Crippen molar-refractivity contribution in [1.82, 2.24) is 5.32 Å². The van der Waals surface area contributed by atoms with E-state index in [4.69, 9.17) is 9.76 Å². The molecule has 1 amide bonds. The van der Waals surface area contributed by atoms with Gasteiger partial charge in [0.25, 0.3) is 0 Å². The Balaban J connectivity index is 1.79. The first-order valence-electron chi connectivity index (χ1n) is 6.41. The summed E-state index contributed by atoms with van der Waals surface area (Å²) >= 11 is 1.50. The monoisotopic (exact) mass is 297 g/mol. The summed E-state index contributed by atoms with van der Waals surface area (Å²) in [6.07, 6.45) is 0.669. The van der Waals surface area contributed by atoms with Crippen LogP contribution in [0.2, 0.25) is 0 Å². The number of rotatable bonds is 5. The van der Waals surface area contributed by atoms with Crippen molar-refractivity contribution in [1.29, 1.82) is 0 Å². The number of thiophene rings is 1. The van der Waals surface area contributed by atoms with Gasteiger partial charge in [-0.25, -0.2) is 0 Å². The molecule has 108 valence electrons. The Bertz CT molecular complexity index is 466. The second-order valence-electron chi connectivity index (χ2n) is 4.75. The predicted molar refractivity (Wildman–Crippen MR) is 74.3 cm³/mol.